The van der Waals surface area contributed by atoms with E-state index in [1.807, 2.05) is 6.07 Å². The number of ether oxygens (including phenoxy) is 3. The van der Waals surface area contributed by atoms with Gasteiger partial charge in [0.05, 0.1) is 37.8 Å². The lowest BCUT2D eigenvalue weighted by molar-refractivity contribution is -0.116. The maximum absolute atomic E-state index is 13.1. The third-order valence-corrected chi connectivity index (χ3v) is 5.89. The smallest absolute Gasteiger partial charge is 0.262 e. The normalized spacial score (nSPS) is 10.9. The van der Waals surface area contributed by atoms with Gasteiger partial charge in [0.15, 0.2) is 11.5 Å². The minimum atomic E-state index is -4.00. The number of amides is 1. The third-order valence-electron chi connectivity index (χ3n) is 4.51. The number of carbonyl (C=O) groups excluding carboxylic acids is 1. The van der Waals surface area contributed by atoms with E-state index in [9.17, 15) is 17.6 Å². The standard InChI is InChI=1S/C23H23FN2O6S/c1-30-20-12-9-17(15-19(20)26-33(28,29)18-10-7-16(24)8-11-18)25-23(27)13-14-32-22-6-4-3-5-21(22)31-2/h3-12,15,26H,13-14H2,1-2H3,(H,25,27). The molecular formula is C23H23FN2O6S. The lowest BCUT2D eigenvalue weighted by Crippen LogP contribution is -2.16. The number of hydrogen-bond acceptors (Lipinski definition) is 6. The first-order chi connectivity index (χ1) is 15.8. The molecule has 3 rings (SSSR count). The molecule has 10 heteroatoms. The minimum absolute atomic E-state index is 0.0563. The van der Waals surface area contributed by atoms with Gasteiger partial charge in [0.25, 0.3) is 10.0 Å². The van der Waals surface area contributed by atoms with Gasteiger partial charge in [-0.05, 0) is 54.6 Å². The first-order valence-corrected chi connectivity index (χ1v) is 11.3. The van der Waals surface area contributed by atoms with E-state index in [0.717, 1.165) is 24.3 Å². The maximum atomic E-state index is 13.1. The molecule has 8 nitrogen and oxygen atoms in total. The fourth-order valence-electron chi connectivity index (χ4n) is 2.90. The zero-order valence-electron chi connectivity index (χ0n) is 18.0. The van der Waals surface area contributed by atoms with Crippen LogP contribution in [0.15, 0.2) is 71.6 Å². The Morgan fingerprint density at radius 2 is 1.58 bits per heavy atom. The molecule has 0 unspecified atom stereocenters. The van der Waals surface area contributed by atoms with Crippen LogP contribution in [-0.2, 0) is 14.8 Å². The van der Waals surface area contributed by atoms with Crippen LogP contribution in [-0.4, -0.2) is 35.2 Å². The van der Waals surface area contributed by atoms with Gasteiger partial charge in [0, 0.05) is 5.69 Å². The summed E-state index contributed by atoms with van der Waals surface area (Å²) in [5.41, 5.74) is 0.472. The average Bonchev–Trinajstić information content (AvgIpc) is 2.79. The lowest BCUT2D eigenvalue weighted by Gasteiger charge is -2.14. The van der Waals surface area contributed by atoms with Gasteiger partial charge in [-0.2, -0.15) is 0 Å². The second-order valence-corrected chi connectivity index (χ2v) is 8.45. The van der Waals surface area contributed by atoms with Crippen molar-refractivity contribution < 1.29 is 31.8 Å². The van der Waals surface area contributed by atoms with Crippen LogP contribution < -0.4 is 24.2 Å². The quantitative estimate of drug-likeness (QED) is 0.460. The molecule has 0 bridgehead atoms. The van der Waals surface area contributed by atoms with E-state index in [2.05, 4.69) is 10.0 Å². The number of rotatable bonds is 10. The van der Waals surface area contributed by atoms with Crippen LogP contribution in [0.5, 0.6) is 17.2 Å². The van der Waals surface area contributed by atoms with Crippen LogP contribution >= 0.6 is 0 Å². The van der Waals surface area contributed by atoms with Gasteiger partial charge < -0.3 is 19.5 Å². The van der Waals surface area contributed by atoms with Gasteiger partial charge in [-0.3, -0.25) is 9.52 Å². The van der Waals surface area contributed by atoms with Gasteiger partial charge in [0.1, 0.15) is 11.6 Å². The number of para-hydroxylation sites is 2. The molecule has 2 N–H and O–H groups in total. The van der Waals surface area contributed by atoms with Crippen molar-refractivity contribution in [1.82, 2.24) is 0 Å². The fraction of sp³-hybridized carbons (Fsp3) is 0.174. The van der Waals surface area contributed by atoms with Crippen molar-refractivity contribution in [3.8, 4) is 17.2 Å². The highest BCUT2D eigenvalue weighted by molar-refractivity contribution is 7.92. The van der Waals surface area contributed by atoms with Crippen LogP contribution in [0, 0.1) is 5.82 Å². The monoisotopic (exact) mass is 474 g/mol. The Morgan fingerprint density at radius 1 is 0.909 bits per heavy atom. The number of nitrogens with one attached hydrogen (secondary N) is 2. The van der Waals surface area contributed by atoms with E-state index < -0.39 is 15.8 Å². The average molecular weight is 475 g/mol. The molecule has 0 radical (unpaired) electrons. The summed E-state index contributed by atoms with van der Waals surface area (Å²) in [6.45, 7) is 0.117. The summed E-state index contributed by atoms with van der Waals surface area (Å²) in [5, 5.41) is 2.69. The van der Waals surface area contributed by atoms with Crippen LogP contribution in [0.1, 0.15) is 6.42 Å². The first kappa shape index (κ1) is 23.9. The second kappa shape index (κ2) is 10.7. The van der Waals surface area contributed by atoms with E-state index >= 15 is 0 Å². The van der Waals surface area contributed by atoms with Crippen molar-refractivity contribution >= 4 is 27.3 Å². The van der Waals surface area contributed by atoms with Crippen molar-refractivity contribution in [3.05, 3.63) is 72.5 Å². The molecule has 174 valence electrons. The first-order valence-electron chi connectivity index (χ1n) is 9.84. The number of hydrogen-bond donors (Lipinski definition) is 2. The predicted molar refractivity (Wildman–Crippen MR) is 122 cm³/mol. The fourth-order valence-corrected chi connectivity index (χ4v) is 3.96. The molecule has 3 aromatic rings. The van der Waals surface area contributed by atoms with Crippen LogP contribution in [0.25, 0.3) is 0 Å². The Balaban J connectivity index is 1.66. The number of methoxy groups -OCH3 is 2. The van der Waals surface area contributed by atoms with E-state index in [1.165, 1.54) is 26.4 Å². The SMILES string of the molecule is COc1ccc(NC(=O)CCOc2ccccc2OC)cc1NS(=O)(=O)c1ccc(F)cc1. The number of anilines is 2. The van der Waals surface area contributed by atoms with Crippen molar-refractivity contribution in [2.75, 3.05) is 30.9 Å². The molecule has 0 saturated heterocycles. The van der Waals surface area contributed by atoms with Gasteiger partial charge in [0.2, 0.25) is 5.91 Å². The number of halogens is 1. The Morgan fingerprint density at radius 3 is 2.24 bits per heavy atom. The summed E-state index contributed by atoms with van der Waals surface area (Å²) < 4.78 is 56.8. The summed E-state index contributed by atoms with van der Waals surface area (Å²) >= 11 is 0. The second-order valence-electron chi connectivity index (χ2n) is 6.77. The predicted octanol–water partition coefficient (Wildman–Crippen LogP) is 4.05. The molecule has 1 amide bonds. The van der Waals surface area contributed by atoms with E-state index in [1.54, 1.807) is 24.3 Å². The Bertz CT molecular complexity index is 1220. The van der Waals surface area contributed by atoms with E-state index in [-0.39, 0.29) is 35.3 Å². The third kappa shape index (κ3) is 6.36. The molecule has 0 aliphatic heterocycles. The highest BCUT2D eigenvalue weighted by Crippen LogP contribution is 2.30. The highest BCUT2D eigenvalue weighted by Gasteiger charge is 2.17. The molecule has 0 aliphatic rings. The summed E-state index contributed by atoms with van der Waals surface area (Å²) in [4.78, 5) is 12.2. The van der Waals surface area contributed by atoms with Crippen molar-refractivity contribution in [2.24, 2.45) is 0 Å². The van der Waals surface area contributed by atoms with Crippen LogP contribution in [0.3, 0.4) is 0 Å². The molecule has 3 aromatic carbocycles. The highest BCUT2D eigenvalue weighted by atomic mass is 32.2. The zero-order valence-corrected chi connectivity index (χ0v) is 18.8. The van der Waals surface area contributed by atoms with Crippen molar-refractivity contribution in [1.29, 1.82) is 0 Å². The molecule has 0 spiro atoms. The lowest BCUT2D eigenvalue weighted by atomic mass is 10.2. The largest absolute Gasteiger partial charge is 0.495 e. The summed E-state index contributed by atoms with van der Waals surface area (Å²) in [6, 6.07) is 16.0. The molecule has 33 heavy (non-hydrogen) atoms. The van der Waals surface area contributed by atoms with Crippen LogP contribution in [0.4, 0.5) is 15.8 Å². The summed E-state index contributed by atoms with van der Waals surface area (Å²) in [6.07, 6.45) is 0.0563. The molecule has 0 heterocycles. The topological polar surface area (TPSA) is 103 Å². The summed E-state index contributed by atoms with van der Waals surface area (Å²) in [5.74, 6) is 0.451. The Kier molecular flexibility index (Phi) is 7.73. The Hall–Kier alpha value is -3.79. The molecular weight excluding hydrogens is 451 g/mol. The van der Waals surface area contributed by atoms with Gasteiger partial charge >= 0.3 is 0 Å². The van der Waals surface area contributed by atoms with Gasteiger partial charge in [-0.1, -0.05) is 12.1 Å². The van der Waals surface area contributed by atoms with Crippen molar-refractivity contribution in [2.45, 2.75) is 11.3 Å². The number of carbonyl (C=O) groups is 1. The van der Waals surface area contributed by atoms with Crippen LogP contribution in [0.2, 0.25) is 0 Å². The number of sulfonamides is 1. The molecule has 0 aliphatic carbocycles. The van der Waals surface area contributed by atoms with E-state index in [4.69, 9.17) is 14.2 Å². The Labute approximate surface area is 191 Å². The molecule has 0 atom stereocenters. The summed E-state index contributed by atoms with van der Waals surface area (Å²) in [7, 11) is -1.08. The maximum Gasteiger partial charge on any atom is 0.262 e. The molecule has 0 fully saturated rings. The number of benzene rings is 3. The van der Waals surface area contributed by atoms with E-state index in [0.29, 0.717) is 17.2 Å². The molecule has 0 aromatic heterocycles. The molecule has 0 saturated carbocycles. The van der Waals surface area contributed by atoms with Gasteiger partial charge in [-0.15, -0.1) is 0 Å². The minimum Gasteiger partial charge on any atom is -0.495 e. The zero-order chi connectivity index (χ0) is 23.8. The van der Waals surface area contributed by atoms with Gasteiger partial charge in [-0.25, -0.2) is 12.8 Å². The van der Waals surface area contributed by atoms with Crippen molar-refractivity contribution in [3.63, 3.8) is 0 Å².